The van der Waals surface area contributed by atoms with Crippen molar-refractivity contribution in [3.63, 3.8) is 0 Å². The van der Waals surface area contributed by atoms with Gasteiger partial charge in [-0.1, -0.05) is 0 Å². The lowest BCUT2D eigenvalue weighted by Crippen LogP contribution is -2.19. The minimum absolute atomic E-state index is 0.0681. The highest BCUT2D eigenvalue weighted by Gasteiger charge is 2.42. The molecule has 0 aliphatic rings. The number of pyridine rings is 1. The van der Waals surface area contributed by atoms with Gasteiger partial charge in [-0.25, -0.2) is 18.6 Å². The number of aromatic carboxylic acids is 1. The Bertz CT molecular complexity index is 456. The fourth-order valence-electron chi connectivity index (χ4n) is 1.16. The lowest BCUT2D eigenvalue weighted by atomic mass is 10.0. The van der Waals surface area contributed by atoms with Crippen molar-refractivity contribution in [1.29, 1.82) is 0 Å². The van der Waals surface area contributed by atoms with Gasteiger partial charge >= 0.3 is 12.1 Å². The second-order valence-electron chi connectivity index (χ2n) is 2.86. The van der Waals surface area contributed by atoms with Crippen LogP contribution in [0.25, 0.3) is 0 Å². The van der Waals surface area contributed by atoms with Crippen molar-refractivity contribution in [3.8, 4) is 0 Å². The van der Waals surface area contributed by atoms with E-state index in [1.807, 2.05) is 0 Å². The molecular weight excluding hydrogens is 256 g/mol. The van der Waals surface area contributed by atoms with Gasteiger partial charge in [0.1, 0.15) is 5.56 Å². The molecule has 0 aromatic carbocycles. The largest absolute Gasteiger partial charge is 0.478 e. The van der Waals surface area contributed by atoms with E-state index in [0.717, 1.165) is 0 Å². The monoisotopic (exact) mass is 259 g/mol. The Morgan fingerprint density at radius 3 is 2.24 bits per heavy atom. The number of halogens is 6. The summed E-state index contributed by atoms with van der Waals surface area (Å²) in [5.74, 6) is -4.45. The fourth-order valence-corrected chi connectivity index (χ4v) is 1.16. The highest BCUT2D eigenvalue weighted by molar-refractivity contribution is 5.91. The number of carboxylic acids is 1. The van der Waals surface area contributed by atoms with E-state index in [-0.39, 0.29) is 6.20 Å². The third-order valence-corrected chi connectivity index (χ3v) is 1.79. The molecule has 1 rings (SSSR count). The summed E-state index contributed by atoms with van der Waals surface area (Å²) in [7, 11) is 0. The summed E-state index contributed by atoms with van der Waals surface area (Å²) in [5, 5.41) is 8.46. The van der Waals surface area contributed by atoms with Gasteiger partial charge in [-0.15, -0.1) is 0 Å². The van der Waals surface area contributed by atoms with Crippen LogP contribution in [0.1, 0.15) is 27.9 Å². The summed E-state index contributed by atoms with van der Waals surface area (Å²) in [5.41, 5.74) is -5.60. The molecule has 0 saturated carbocycles. The van der Waals surface area contributed by atoms with Crippen LogP contribution in [0.2, 0.25) is 0 Å². The molecule has 0 aliphatic carbocycles. The van der Waals surface area contributed by atoms with Gasteiger partial charge < -0.3 is 5.11 Å². The lowest BCUT2D eigenvalue weighted by molar-refractivity contribution is -0.141. The van der Waals surface area contributed by atoms with Crippen molar-refractivity contribution in [1.82, 2.24) is 4.98 Å². The Morgan fingerprint density at radius 2 is 1.88 bits per heavy atom. The minimum Gasteiger partial charge on any atom is -0.478 e. The van der Waals surface area contributed by atoms with E-state index >= 15 is 0 Å². The molecule has 94 valence electrons. The molecule has 9 heteroatoms. The molecule has 0 atom stereocenters. The predicted molar refractivity (Wildman–Crippen MR) is 41.1 cm³/mol. The van der Waals surface area contributed by atoms with Gasteiger partial charge in [0.05, 0.1) is 11.1 Å². The zero-order valence-corrected chi connectivity index (χ0v) is 7.73. The van der Waals surface area contributed by atoms with Crippen LogP contribution in [0, 0.1) is 5.95 Å². The van der Waals surface area contributed by atoms with Crippen molar-refractivity contribution >= 4 is 5.97 Å². The molecule has 0 unspecified atom stereocenters. The van der Waals surface area contributed by atoms with E-state index in [4.69, 9.17) is 5.11 Å². The maximum absolute atomic E-state index is 12.8. The smallest absolute Gasteiger partial charge is 0.421 e. The van der Waals surface area contributed by atoms with Gasteiger partial charge in [0.25, 0.3) is 6.43 Å². The fraction of sp³-hybridized carbons (Fsp3) is 0.250. The molecule has 1 aromatic rings. The first kappa shape index (κ1) is 13.3. The number of aromatic nitrogens is 1. The van der Waals surface area contributed by atoms with Crippen LogP contribution in [-0.2, 0) is 6.18 Å². The summed E-state index contributed by atoms with van der Waals surface area (Å²) in [4.78, 5) is 13.0. The Morgan fingerprint density at radius 1 is 1.35 bits per heavy atom. The molecule has 0 spiro atoms. The number of nitrogens with zero attached hydrogens (tertiary/aromatic N) is 1. The number of carbonyl (C=O) groups is 1. The van der Waals surface area contributed by atoms with Gasteiger partial charge in [-0.3, -0.25) is 0 Å². The second-order valence-corrected chi connectivity index (χ2v) is 2.86. The molecule has 0 bridgehead atoms. The maximum Gasteiger partial charge on any atom is 0.421 e. The standard InChI is InChI=1S/C8H3F6NO2/c9-5(10)2-1-15-6(11)4(8(12,13)14)3(2)7(16)17/h1,5H,(H,16,17). The molecule has 0 aliphatic heterocycles. The third kappa shape index (κ3) is 2.48. The molecule has 17 heavy (non-hydrogen) atoms. The normalized spacial score (nSPS) is 11.9. The molecule has 1 heterocycles. The number of alkyl halides is 5. The Labute approximate surface area is 89.7 Å². The molecule has 3 nitrogen and oxygen atoms in total. The number of carboxylic acid groups (broad SMARTS) is 1. The van der Waals surface area contributed by atoms with E-state index in [0.29, 0.717) is 0 Å². The predicted octanol–water partition coefficient (Wildman–Crippen LogP) is 2.88. The van der Waals surface area contributed by atoms with Gasteiger partial charge in [-0.2, -0.15) is 17.6 Å². The number of hydrogen-bond acceptors (Lipinski definition) is 2. The highest BCUT2D eigenvalue weighted by atomic mass is 19.4. The number of hydrogen-bond donors (Lipinski definition) is 1. The molecule has 0 radical (unpaired) electrons. The van der Waals surface area contributed by atoms with Crippen molar-refractivity contribution < 1.29 is 36.2 Å². The summed E-state index contributed by atoms with van der Waals surface area (Å²) >= 11 is 0. The minimum atomic E-state index is -5.42. The van der Waals surface area contributed by atoms with E-state index in [2.05, 4.69) is 4.98 Å². The van der Waals surface area contributed by atoms with Crippen LogP contribution in [-0.4, -0.2) is 16.1 Å². The van der Waals surface area contributed by atoms with Gasteiger partial charge in [-0.05, 0) is 0 Å². The van der Waals surface area contributed by atoms with Crippen LogP contribution < -0.4 is 0 Å². The first-order valence-corrected chi connectivity index (χ1v) is 3.93. The summed E-state index contributed by atoms with van der Waals surface area (Å²) in [6, 6.07) is 0. The van der Waals surface area contributed by atoms with Crippen LogP contribution in [0.15, 0.2) is 6.20 Å². The Balaban J connectivity index is 3.67. The van der Waals surface area contributed by atoms with Crippen LogP contribution in [0.5, 0.6) is 0 Å². The first-order chi connectivity index (χ1) is 7.66. The Kier molecular flexibility index (Phi) is 3.30. The first-order valence-electron chi connectivity index (χ1n) is 3.93. The summed E-state index contributed by atoms with van der Waals surface area (Å²) in [6.45, 7) is 0. The SMILES string of the molecule is O=C(O)c1c(C(F)F)cnc(F)c1C(F)(F)F. The molecular formula is C8H3F6NO2. The van der Waals surface area contributed by atoms with Gasteiger partial charge in [0, 0.05) is 6.20 Å². The molecule has 0 fully saturated rings. The average molecular weight is 259 g/mol. The molecule has 1 aromatic heterocycles. The lowest BCUT2D eigenvalue weighted by Gasteiger charge is -2.13. The quantitative estimate of drug-likeness (QED) is 0.656. The van der Waals surface area contributed by atoms with E-state index < -0.39 is 41.2 Å². The topological polar surface area (TPSA) is 50.2 Å². The van der Waals surface area contributed by atoms with Crippen molar-refractivity contribution in [2.24, 2.45) is 0 Å². The van der Waals surface area contributed by atoms with Gasteiger partial charge in [0.15, 0.2) is 0 Å². The van der Waals surface area contributed by atoms with E-state index in [1.54, 1.807) is 0 Å². The van der Waals surface area contributed by atoms with E-state index in [1.165, 1.54) is 0 Å². The summed E-state index contributed by atoms with van der Waals surface area (Å²) in [6.07, 6.45) is -8.86. The maximum atomic E-state index is 12.8. The van der Waals surface area contributed by atoms with Crippen LogP contribution >= 0.6 is 0 Å². The average Bonchev–Trinajstić information content (AvgIpc) is 2.14. The zero-order chi connectivity index (χ0) is 13.4. The van der Waals surface area contributed by atoms with Crippen molar-refractivity contribution in [2.75, 3.05) is 0 Å². The molecule has 1 N–H and O–H groups in total. The second kappa shape index (κ2) is 4.22. The Hall–Kier alpha value is -1.80. The van der Waals surface area contributed by atoms with Crippen molar-refractivity contribution in [3.05, 3.63) is 28.8 Å². The number of rotatable bonds is 2. The van der Waals surface area contributed by atoms with Crippen molar-refractivity contribution in [2.45, 2.75) is 12.6 Å². The molecule has 0 amide bonds. The van der Waals surface area contributed by atoms with Gasteiger partial charge in [0.2, 0.25) is 5.95 Å². The zero-order valence-electron chi connectivity index (χ0n) is 7.73. The molecule has 0 saturated heterocycles. The van der Waals surface area contributed by atoms with Crippen LogP contribution in [0.3, 0.4) is 0 Å². The third-order valence-electron chi connectivity index (χ3n) is 1.79. The summed E-state index contributed by atoms with van der Waals surface area (Å²) < 4.78 is 74.4. The van der Waals surface area contributed by atoms with Crippen LogP contribution in [0.4, 0.5) is 26.3 Å². The highest BCUT2D eigenvalue weighted by Crippen LogP contribution is 2.37. The van der Waals surface area contributed by atoms with E-state index in [9.17, 15) is 31.1 Å².